The molecule has 1 heterocycles. The number of carboxylic acids is 1. The number of carbonyl (C=O) groups excluding carboxylic acids is 1. The molecule has 258 valence electrons. The zero-order chi connectivity index (χ0) is 34.5. The number of allylic oxidation sites excluding steroid dienone is 3. The van der Waals surface area contributed by atoms with Gasteiger partial charge in [-0.05, 0) is 145 Å². The van der Waals surface area contributed by atoms with E-state index in [1.807, 2.05) is 37.4 Å². The molecule has 2 N–H and O–H groups in total. The number of carbonyl (C=O) groups is 2. The van der Waals surface area contributed by atoms with Crippen molar-refractivity contribution < 1.29 is 14.7 Å². The lowest BCUT2D eigenvalue weighted by molar-refractivity contribution is -0.222. The summed E-state index contributed by atoms with van der Waals surface area (Å²) < 4.78 is 0. The summed E-state index contributed by atoms with van der Waals surface area (Å²) in [6, 6.07) is 11.5. The molecule has 2 aromatic rings. The van der Waals surface area contributed by atoms with Crippen LogP contribution in [-0.2, 0) is 11.3 Å². The molecule has 0 radical (unpaired) electrons. The summed E-state index contributed by atoms with van der Waals surface area (Å²) in [5.41, 5.74) is 4.49. The topological polar surface area (TPSA) is 79.3 Å². The average molecular weight is 651 g/mol. The molecule has 5 aliphatic carbocycles. The zero-order valence-corrected chi connectivity index (χ0v) is 30.3. The van der Waals surface area contributed by atoms with Crippen molar-refractivity contribution in [2.75, 3.05) is 0 Å². The highest BCUT2D eigenvalue weighted by Crippen LogP contribution is 2.77. The van der Waals surface area contributed by atoms with Crippen LogP contribution in [0.4, 0.5) is 0 Å². The lowest BCUT2D eigenvalue weighted by Gasteiger charge is -2.72. The molecule has 5 nitrogen and oxygen atoms in total. The number of rotatable bonds is 5. The second-order valence-corrected chi connectivity index (χ2v) is 17.2. The van der Waals surface area contributed by atoms with E-state index in [1.54, 1.807) is 24.4 Å². The van der Waals surface area contributed by atoms with Gasteiger partial charge in [0, 0.05) is 18.9 Å². The Morgan fingerprint density at radius 3 is 2.31 bits per heavy atom. The molecule has 1 amide bonds. The number of nitrogens with zero attached hydrogens (tertiary/aromatic N) is 1. The molecule has 0 aliphatic heterocycles. The first kappa shape index (κ1) is 34.6. The molecule has 48 heavy (non-hydrogen) atoms. The summed E-state index contributed by atoms with van der Waals surface area (Å²) in [6.07, 6.45) is 19.6. The number of amides is 1. The van der Waals surface area contributed by atoms with Gasteiger partial charge < -0.3 is 10.4 Å². The maximum atomic E-state index is 14.1. The van der Waals surface area contributed by atoms with Crippen molar-refractivity contribution in [1.29, 1.82) is 0 Å². The molecule has 4 fully saturated rings. The molecule has 7 unspecified atom stereocenters. The number of nitrogens with one attached hydrogen (secondary N) is 1. The highest BCUT2D eigenvalue weighted by atomic mass is 16.4. The van der Waals surface area contributed by atoms with Gasteiger partial charge in [0.05, 0.1) is 11.0 Å². The fraction of sp³-hybridized carbons (Fsp3) is 0.605. The first-order valence-electron chi connectivity index (χ1n) is 18.6. The van der Waals surface area contributed by atoms with Crippen LogP contribution in [0.25, 0.3) is 5.57 Å². The molecular weight excluding hydrogens is 592 g/mol. The Hall–Kier alpha value is -3.21. The summed E-state index contributed by atoms with van der Waals surface area (Å²) >= 11 is 0. The third-order valence-corrected chi connectivity index (χ3v) is 15.0. The van der Waals surface area contributed by atoms with Crippen LogP contribution < -0.4 is 5.32 Å². The van der Waals surface area contributed by atoms with E-state index in [0.29, 0.717) is 41.7 Å². The molecular formula is C43H58N2O3. The minimum Gasteiger partial charge on any atom is -0.478 e. The monoisotopic (exact) mass is 650 g/mol. The molecule has 0 spiro atoms. The SMILES string of the molecule is C=CC.CC1(C)C(c2ccc(C(=O)O)cc2)=CCC2(C)C1CCC1(C)C2CCC2C3CCCC3(C(=O)NCc3cccnc3)CC[C@]21C. The smallest absolute Gasteiger partial charge is 0.335 e. The minimum absolute atomic E-state index is 0.0103. The third kappa shape index (κ3) is 5.21. The lowest BCUT2D eigenvalue weighted by Crippen LogP contribution is -2.65. The van der Waals surface area contributed by atoms with E-state index in [1.165, 1.54) is 49.7 Å². The molecule has 7 rings (SSSR count). The summed E-state index contributed by atoms with van der Waals surface area (Å²) in [4.78, 5) is 29.8. The maximum absolute atomic E-state index is 14.1. The predicted molar refractivity (Wildman–Crippen MR) is 194 cm³/mol. The lowest BCUT2D eigenvalue weighted by atomic mass is 9.32. The van der Waals surface area contributed by atoms with Crippen LogP contribution in [0.2, 0.25) is 0 Å². The minimum atomic E-state index is -0.871. The highest BCUT2D eigenvalue weighted by Gasteiger charge is 2.70. The molecule has 1 aromatic heterocycles. The summed E-state index contributed by atoms with van der Waals surface area (Å²) in [6.45, 7) is 18.6. The van der Waals surface area contributed by atoms with Gasteiger partial charge in [-0.1, -0.05) is 71.4 Å². The fourth-order valence-corrected chi connectivity index (χ4v) is 12.7. The number of aromatic nitrogens is 1. The van der Waals surface area contributed by atoms with Crippen LogP contribution in [0, 0.1) is 50.7 Å². The van der Waals surface area contributed by atoms with E-state index in [9.17, 15) is 14.7 Å². The van der Waals surface area contributed by atoms with Crippen molar-refractivity contribution in [2.24, 2.45) is 50.7 Å². The number of pyridine rings is 1. The largest absolute Gasteiger partial charge is 0.478 e. The molecule has 1 aromatic carbocycles. The number of hydrogen-bond donors (Lipinski definition) is 2. The van der Waals surface area contributed by atoms with Gasteiger partial charge in [-0.2, -0.15) is 0 Å². The van der Waals surface area contributed by atoms with E-state index in [2.05, 4.69) is 57.6 Å². The Kier molecular flexibility index (Phi) is 9.09. The van der Waals surface area contributed by atoms with E-state index in [0.717, 1.165) is 31.2 Å². The Morgan fingerprint density at radius 1 is 0.917 bits per heavy atom. The van der Waals surface area contributed by atoms with Crippen LogP contribution in [0.5, 0.6) is 0 Å². The number of hydrogen-bond acceptors (Lipinski definition) is 3. The van der Waals surface area contributed by atoms with Gasteiger partial charge in [0.1, 0.15) is 0 Å². The van der Waals surface area contributed by atoms with Crippen molar-refractivity contribution in [1.82, 2.24) is 10.3 Å². The normalized spacial score (nSPS) is 37.6. The van der Waals surface area contributed by atoms with Gasteiger partial charge in [-0.3, -0.25) is 9.78 Å². The summed E-state index contributed by atoms with van der Waals surface area (Å²) in [5, 5.41) is 12.8. The van der Waals surface area contributed by atoms with Crippen molar-refractivity contribution in [2.45, 2.75) is 112 Å². The van der Waals surface area contributed by atoms with Crippen LogP contribution in [-0.4, -0.2) is 22.0 Å². The highest BCUT2D eigenvalue weighted by molar-refractivity contribution is 5.88. The number of fused-ring (bicyclic) bond motifs is 7. The molecule has 5 heteroatoms. The average Bonchev–Trinajstić information content (AvgIpc) is 3.50. The molecule has 0 saturated heterocycles. The Morgan fingerprint density at radius 2 is 1.65 bits per heavy atom. The van der Waals surface area contributed by atoms with Crippen LogP contribution >= 0.6 is 0 Å². The van der Waals surface area contributed by atoms with Gasteiger partial charge in [0.2, 0.25) is 5.91 Å². The van der Waals surface area contributed by atoms with Crippen molar-refractivity contribution >= 4 is 17.4 Å². The number of carboxylic acid groups (broad SMARTS) is 1. The van der Waals surface area contributed by atoms with Gasteiger partial charge >= 0.3 is 5.97 Å². The first-order chi connectivity index (χ1) is 22.8. The number of benzene rings is 1. The Labute approximate surface area is 289 Å². The van der Waals surface area contributed by atoms with Crippen LogP contribution in [0.15, 0.2) is 67.5 Å². The molecule has 0 bridgehead atoms. The van der Waals surface area contributed by atoms with E-state index < -0.39 is 5.97 Å². The van der Waals surface area contributed by atoms with Crippen molar-refractivity contribution in [3.05, 3.63) is 84.2 Å². The third-order valence-electron chi connectivity index (χ3n) is 15.0. The van der Waals surface area contributed by atoms with E-state index in [-0.39, 0.29) is 27.1 Å². The summed E-state index contributed by atoms with van der Waals surface area (Å²) in [5.74, 6) is 1.75. The standard InChI is InChI=1S/C40H52N2O3.C3H6/c1-36(2)29(27-10-12-28(13-11-27)34(43)44)16-19-37(3)32(36)17-20-39(5)33(37)15-14-30-31-9-6-18-40(31,22-21-38(30,39)4)35(45)42-25-26-8-7-23-41-24-26;1-3-2/h7-8,10-13,16,23-24,30-33H,6,9,14-15,17-22,25H2,1-5H3,(H,42,45)(H,43,44);3H,1H2,2H3/t30?,31?,32?,33?,37?,38-,39?,40?;/m1./s1. The Balaban J connectivity index is 0.00000129. The zero-order valence-electron chi connectivity index (χ0n) is 30.3. The fourth-order valence-electron chi connectivity index (χ4n) is 12.7. The molecule has 8 atom stereocenters. The van der Waals surface area contributed by atoms with Gasteiger partial charge in [-0.15, -0.1) is 6.58 Å². The van der Waals surface area contributed by atoms with Gasteiger partial charge in [0.25, 0.3) is 0 Å². The maximum Gasteiger partial charge on any atom is 0.335 e. The van der Waals surface area contributed by atoms with E-state index in [4.69, 9.17) is 0 Å². The second-order valence-electron chi connectivity index (χ2n) is 17.2. The van der Waals surface area contributed by atoms with E-state index >= 15 is 0 Å². The molecule has 5 aliphatic rings. The Bertz CT molecular complexity index is 1560. The summed E-state index contributed by atoms with van der Waals surface area (Å²) in [7, 11) is 0. The van der Waals surface area contributed by atoms with Crippen molar-refractivity contribution in [3.63, 3.8) is 0 Å². The van der Waals surface area contributed by atoms with Crippen LogP contribution in [0.1, 0.15) is 127 Å². The predicted octanol–water partition coefficient (Wildman–Crippen LogP) is 10.1. The van der Waals surface area contributed by atoms with Crippen molar-refractivity contribution in [3.8, 4) is 0 Å². The second kappa shape index (κ2) is 12.6. The molecule has 4 saturated carbocycles. The quantitative estimate of drug-likeness (QED) is 0.316. The first-order valence-corrected chi connectivity index (χ1v) is 18.6. The van der Waals surface area contributed by atoms with Crippen LogP contribution in [0.3, 0.4) is 0 Å². The van der Waals surface area contributed by atoms with Gasteiger partial charge in [0.15, 0.2) is 0 Å². The number of aromatic carboxylic acids is 1. The van der Waals surface area contributed by atoms with Gasteiger partial charge in [-0.25, -0.2) is 4.79 Å².